The fourth-order valence-corrected chi connectivity index (χ4v) is 5.73. The summed E-state index contributed by atoms with van der Waals surface area (Å²) in [5, 5.41) is 2.58. The summed E-state index contributed by atoms with van der Waals surface area (Å²) in [4.78, 5) is 28.0. The molecule has 0 saturated carbocycles. The third-order valence-electron chi connectivity index (χ3n) is 6.28. The Bertz CT molecular complexity index is 1370. The van der Waals surface area contributed by atoms with Gasteiger partial charge in [-0.25, -0.2) is 12.8 Å². The maximum absolute atomic E-state index is 13.9. The van der Waals surface area contributed by atoms with Gasteiger partial charge in [0.15, 0.2) is 0 Å². The Hall–Kier alpha value is -3.72. The molecule has 0 aromatic heterocycles. The van der Waals surface area contributed by atoms with Crippen LogP contribution in [0.4, 0.5) is 10.1 Å². The van der Waals surface area contributed by atoms with Gasteiger partial charge in [-0.1, -0.05) is 42.8 Å². The van der Waals surface area contributed by atoms with Crippen LogP contribution in [-0.2, 0) is 26.2 Å². The zero-order valence-electron chi connectivity index (χ0n) is 22.4. The predicted molar refractivity (Wildman–Crippen MR) is 147 cm³/mol. The number of hydrogen-bond donors (Lipinski definition) is 1. The predicted octanol–water partition coefficient (Wildman–Crippen LogP) is 4.50. The Labute approximate surface area is 224 Å². The first-order valence-electron chi connectivity index (χ1n) is 12.4. The summed E-state index contributed by atoms with van der Waals surface area (Å²) < 4.78 is 42.4. The number of likely N-dealkylation sites (N-methyl/N-ethyl adjacent to an activating group) is 1. The molecule has 0 aliphatic heterocycles. The number of benzene rings is 3. The van der Waals surface area contributed by atoms with Gasteiger partial charge in [0.05, 0.1) is 10.6 Å². The molecule has 2 amide bonds. The van der Waals surface area contributed by atoms with Crippen molar-refractivity contribution in [3.63, 3.8) is 0 Å². The van der Waals surface area contributed by atoms with Crippen molar-refractivity contribution in [3.05, 3.63) is 94.8 Å². The van der Waals surface area contributed by atoms with Crippen LogP contribution in [0.25, 0.3) is 0 Å². The van der Waals surface area contributed by atoms with Crippen molar-refractivity contribution in [1.29, 1.82) is 0 Å². The summed E-state index contributed by atoms with van der Waals surface area (Å²) in [6.45, 7) is 6.83. The van der Waals surface area contributed by atoms with Crippen LogP contribution in [-0.4, -0.2) is 44.8 Å². The first-order valence-corrected chi connectivity index (χ1v) is 13.8. The number of anilines is 1. The van der Waals surface area contributed by atoms with Gasteiger partial charge < -0.3 is 10.2 Å². The van der Waals surface area contributed by atoms with Crippen LogP contribution in [0.5, 0.6) is 0 Å². The number of amides is 2. The zero-order valence-corrected chi connectivity index (χ0v) is 23.2. The lowest BCUT2D eigenvalue weighted by Gasteiger charge is -2.33. The summed E-state index contributed by atoms with van der Waals surface area (Å²) in [5.74, 6) is -1.35. The number of hydrogen-bond acceptors (Lipinski definition) is 4. The molecule has 38 heavy (non-hydrogen) atoms. The molecule has 0 saturated heterocycles. The lowest BCUT2D eigenvalue weighted by atomic mass is 10.1. The summed E-state index contributed by atoms with van der Waals surface area (Å²) >= 11 is 0. The number of aryl methyl sites for hydroxylation is 3. The van der Waals surface area contributed by atoms with Crippen LogP contribution >= 0.6 is 0 Å². The number of sulfonamides is 1. The summed E-state index contributed by atoms with van der Waals surface area (Å²) in [5.41, 5.74) is 3.56. The normalized spacial score (nSPS) is 12.1. The van der Waals surface area contributed by atoms with Crippen molar-refractivity contribution in [1.82, 2.24) is 10.2 Å². The molecular formula is C29H34FN3O4S. The molecule has 3 rings (SSSR count). The summed E-state index contributed by atoms with van der Waals surface area (Å²) in [6.07, 6.45) is 0.306. The number of carbonyl (C=O) groups excluding carboxylic acids is 2. The van der Waals surface area contributed by atoms with E-state index >= 15 is 0 Å². The number of nitrogens with one attached hydrogen (secondary N) is 1. The van der Waals surface area contributed by atoms with E-state index in [-0.39, 0.29) is 17.3 Å². The molecule has 7 nitrogen and oxygen atoms in total. The highest BCUT2D eigenvalue weighted by Crippen LogP contribution is 2.27. The third-order valence-corrected chi connectivity index (χ3v) is 8.07. The Morgan fingerprint density at radius 3 is 2.00 bits per heavy atom. The molecule has 0 bridgehead atoms. The molecule has 3 aromatic carbocycles. The quantitative estimate of drug-likeness (QED) is 0.411. The number of nitrogens with zero attached hydrogens (tertiary/aromatic N) is 2. The van der Waals surface area contributed by atoms with E-state index in [9.17, 15) is 22.4 Å². The average molecular weight is 540 g/mol. The van der Waals surface area contributed by atoms with Crippen LogP contribution in [0.15, 0.2) is 71.6 Å². The monoisotopic (exact) mass is 539 g/mol. The molecule has 1 atom stereocenters. The SMILES string of the molecule is CC[C@@H](C(=O)NC)N(Cc1ccc(F)cc1)C(=O)CN(c1cc(C)cc(C)c1)S(=O)(=O)c1ccc(C)cc1. The highest BCUT2D eigenvalue weighted by Gasteiger charge is 2.33. The molecule has 0 aliphatic carbocycles. The van der Waals surface area contributed by atoms with Gasteiger partial charge >= 0.3 is 0 Å². The molecule has 3 aromatic rings. The van der Waals surface area contributed by atoms with Crippen molar-refractivity contribution in [3.8, 4) is 0 Å². The molecule has 202 valence electrons. The van der Waals surface area contributed by atoms with Crippen LogP contribution < -0.4 is 9.62 Å². The second-order valence-corrected chi connectivity index (χ2v) is 11.2. The standard InChI is InChI=1S/C29H34FN3O4S/c1-6-27(29(35)31-5)32(18-23-9-11-24(30)12-10-23)28(34)19-33(25-16-21(3)15-22(4)17-25)38(36,37)26-13-7-20(2)8-14-26/h7-17,27H,6,18-19H2,1-5H3,(H,31,35)/t27-/m0/s1. The number of halogens is 1. The Morgan fingerprint density at radius 1 is 0.895 bits per heavy atom. The second kappa shape index (κ2) is 12.2. The van der Waals surface area contributed by atoms with Gasteiger partial charge in [0, 0.05) is 13.6 Å². The minimum absolute atomic E-state index is 0.0102. The van der Waals surface area contributed by atoms with Gasteiger partial charge in [0.2, 0.25) is 11.8 Å². The highest BCUT2D eigenvalue weighted by molar-refractivity contribution is 7.92. The average Bonchev–Trinajstić information content (AvgIpc) is 2.87. The molecule has 0 fully saturated rings. The zero-order chi connectivity index (χ0) is 28.0. The van der Waals surface area contributed by atoms with E-state index < -0.39 is 34.3 Å². The van der Waals surface area contributed by atoms with Crippen LogP contribution in [0.1, 0.15) is 35.6 Å². The third kappa shape index (κ3) is 6.77. The molecule has 0 aliphatic rings. The maximum atomic E-state index is 13.9. The van der Waals surface area contributed by atoms with E-state index in [2.05, 4.69) is 5.32 Å². The lowest BCUT2D eigenvalue weighted by Crippen LogP contribution is -2.51. The minimum Gasteiger partial charge on any atom is -0.357 e. The molecular weight excluding hydrogens is 505 g/mol. The fraction of sp³-hybridized carbons (Fsp3) is 0.310. The number of carbonyl (C=O) groups is 2. The molecule has 0 heterocycles. The maximum Gasteiger partial charge on any atom is 0.264 e. The van der Waals surface area contributed by atoms with Gasteiger partial charge in [-0.2, -0.15) is 0 Å². The first-order chi connectivity index (χ1) is 18.0. The topological polar surface area (TPSA) is 86.8 Å². The van der Waals surface area contributed by atoms with E-state index in [0.717, 1.165) is 21.0 Å². The van der Waals surface area contributed by atoms with Crippen LogP contribution in [0.3, 0.4) is 0 Å². The van der Waals surface area contributed by atoms with Crippen molar-refractivity contribution in [2.24, 2.45) is 0 Å². The Morgan fingerprint density at radius 2 is 1.47 bits per heavy atom. The van der Waals surface area contributed by atoms with Crippen LogP contribution in [0.2, 0.25) is 0 Å². The Kier molecular flexibility index (Phi) is 9.27. The van der Waals surface area contributed by atoms with Crippen molar-refractivity contribution in [2.45, 2.75) is 51.6 Å². The smallest absolute Gasteiger partial charge is 0.264 e. The van der Waals surface area contributed by atoms with Gasteiger partial charge in [0.25, 0.3) is 10.0 Å². The molecule has 0 spiro atoms. The van der Waals surface area contributed by atoms with Gasteiger partial charge in [0.1, 0.15) is 18.4 Å². The molecule has 1 N–H and O–H groups in total. The molecule has 0 radical (unpaired) electrons. The number of rotatable bonds is 10. The van der Waals surface area contributed by atoms with E-state index in [1.54, 1.807) is 31.2 Å². The summed E-state index contributed by atoms with van der Waals surface area (Å²) in [7, 11) is -2.65. The van der Waals surface area contributed by atoms with E-state index in [1.165, 1.54) is 48.3 Å². The van der Waals surface area contributed by atoms with Gasteiger partial charge in [-0.15, -0.1) is 0 Å². The fourth-order valence-electron chi connectivity index (χ4n) is 4.33. The largest absolute Gasteiger partial charge is 0.357 e. The van der Waals surface area contributed by atoms with Crippen molar-refractivity contribution >= 4 is 27.5 Å². The van der Waals surface area contributed by atoms with E-state index in [4.69, 9.17) is 0 Å². The van der Waals surface area contributed by atoms with Crippen molar-refractivity contribution in [2.75, 3.05) is 17.9 Å². The van der Waals surface area contributed by atoms with Crippen molar-refractivity contribution < 1.29 is 22.4 Å². The Balaban J connectivity index is 2.09. The lowest BCUT2D eigenvalue weighted by molar-refractivity contribution is -0.140. The summed E-state index contributed by atoms with van der Waals surface area (Å²) in [6, 6.07) is 16.6. The second-order valence-electron chi connectivity index (χ2n) is 9.36. The molecule has 9 heteroatoms. The first kappa shape index (κ1) is 28.8. The van der Waals surface area contributed by atoms with Gasteiger partial charge in [-0.3, -0.25) is 13.9 Å². The van der Waals surface area contributed by atoms with Gasteiger partial charge in [-0.05, 0) is 80.3 Å². The molecule has 0 unspecified atom stereocenters. The van der Waals surface area contributed by atoms with E-state index in [0.29, 0.717) is 17.7 Å². The van der Waals surface area contributed by atoms with Crippen LogP contribution in [0, 0.1) is 26.6 Å². The van der Waals surface area contributed by atoms with E-state index in [1.807, 2.05) is 26.8 Å². The minimum atomic E-state index is -4.13. The highest BCUT2D eigenvalue weighted by atomic mass is 32.2.